The molecule has 0 atom stereocenters. The van der Waals surface area contributed by atoms with Crippen LogP contribution in [-0.4, -0.2) is 35.7 Å². The summed E-state index contributed by atoms with van der Waals surface area (Å²) in [6.45, 7) is 3.73. The van der Waals surface area contributed by atoms with E-state index in [1.165, 1.54) is 29.7 Å². The van der Waals surface area contributed by atoms with Crippen LogP contribution in [0.4, 0.5) is 5.95 Å². The number of hydrogen-bond acceptors (Lipinski definition) is 5. The molecule has 3 heterocycles. The molecule has 5 nitrogen and oxygen atoms in total. The summed E-state index contributed by atoms with van der Waals surface area (Å²) in [5, 5.41) is 4.24. The van der Waals surface area contributed by atoms with Gasteiger partial charge in [-0.05, 0) is 31.2 Å². The summed E-state index contributed by atoms with van der Waals surface area (Å²) in [5.41, 5.74) is 1.43. The monoisotopic (exact) mass is 318 g/mol. The van der Waals surface area contributed by atoms with Crippen molar-refractivity contribution in [1.82, 2.24) is 14.9 Å². The van der Waals surface area contributed by atoms with Gasteiger partial charge >= 0.3 is 0 Å². The Hall–Kier alpha value is -1.40. The van der Waals surface area contributed by atoms with E-state index in [-0.39, 0.29) is 5.56 Å². The molecule has 22 heavy (non-hydrogen) atoms. The molecule has 2 aromatic heterocycles. The molecule has 0 aromatic carbocycles. The van der Waals surface area contributed by atoms with Gasteiger partial charge in [0.25, 0.3) is 5.56 Å². The van der Waals surface area contributed by atoms with E-state index in [1.807, 2.05) is 7.05 Å². The van der Waals surface area contributed by atoms with Gasteiger partial charge in [0.15, 0.2) is 0 Å². The van der Waals surface area contributed by atoms with E-state index < -0.39 is 0 Å². The van der Waals surface area contributed by atoms with Gasteiger partial charge in [-0.25, -0.2) is 4.98 Å². The van der Waals surface area contributed by atoms with Crippen LogP contribution in [0.15, 0.2) is 4.79 Å². The standard InChI is InChI=1S/C16H22N4OS/c1-19-15(21)13-11-5-3-2-4-6-12(11)22-14(13)18-16(19)20-9-7-17-8-10-20/h17H,2-10H2,1H3. The predicted molar refractivity (Wildman–Crippen MR) is 91.2 cm³/mol. The number of anilines is 1. The molecule has 2 aromatic rings. The van der Waals surface area contributed by atoms with Crippen LogP contribution in [0, 0.1) is 0 Å². The summed E-state index contributed by atoms with van der Waals surface area (Å²) < 4.78 is 1.76. The number of thiophene rings is 1. The summed E-state index contributed by atoms with van der Waals surface area (Å²) in [6, 6.07) is 0. The maximum absolute atomic E-state index is 12.9. The van der Waals surface area contributed by atoms with Crippen molar-refractivity contribution in [3.63, 3.8) is 0 Å². The highest BCUT2D eigenvalue weighted by Crippen LogP contribution is 2.33. The molecule has 1 N–H and O–H groups in total. The average Bonchev–Trinajstić information content (AvgIpc) is 2.73. The smallest absolute Gasteiger partial charge is 0.263 e. The zero-order valence-corrected chi connectivity index (χ0v) is 13.8. The minimum Gasteiger partial charge on any atom is -0.340 e. The van der Waals surface area contributed by atoms with Crippen molar-refractivity contribution in [3.8, 4) is 0 Å². The fraction of sp³-hybridized carbons (Fsp3) is 0.625. The summed E-state index contributed by atoms with van der Waals surface area (Å²) in [6.07, 6.45) is 5.86. The number of rotatable bonds is 1. The van der Waals surface area contributed by atoms with Crippen LogP contribution in [0.5, 0.6) is 0 Å². The van der Waals surface area contributed by atoms with Crippen LogP contribution in [0.2, 0.25) is 0 Å². The summed E-state index contributed by atoms with van der Waals surface area (Å²) in [7, 11) is 1.87. The van der Waals surface area contributed by atoms with Gasteiger partial charge in [0.05, 0.1) is 5.39 Å². The molecular formula is C16H22N4OS. The molecule has 0 radical (unpaired) electrons. The fourth-order valence-electron chi connectivity index (χ4n) is 3.60. The van der Waals surface area contributed by atoms with Crippen molar-refractivity contribution < 1.29 is 0 Å². The lowest BCUT2D eigenvalue weighted by molar-refractivity contribution is 0.570. The number of nitrogens with one attached hydrogen (secondary N) is 1. The molecule has 1 fully saturated rings. The van der Waals surface area contributed by atoms with Crippen molar-refractivity contribution in [1.29, 1.82) is 0 Å². The highest BCUT2D eigenvalue weighted by atomic mass is 32.1. The lowest BCUT2D eigenvalue weighted by Crippen LogP contribution is -2.45. The van der Waals surface area contributed by atoms with Crippen LogP contribution in [0.1, 0.15) is 29.7 Å². The Morgan fingerprint density at radius 2 is 1.91 bits per heavy atom. The third-order valence-electron chi connectivity index (χ3n) is 4.82. The zero-order chi connectivity index (χ0) is 15.1. The SMILES string of the molecule is Cn1c(N2CCNCC2)nc2sc3c(c2c1=O)CCCCC3. The second-order valence-corrected chi connectivity index (χ2v) is 7.34. The van der Waals surface area contributed by atoms with Crippen molar-refractivity contribution in [2.45, 2.75) is 32.1 Å². The first-order chi connectivity index (χ1) is 10.8. The minimum absolute atomic E-state index is 0.137. The van der Waals surface area contributed by atoms with Gasteiger partial charge in [-0.2, -0.15) is 0 Å². The molecule has 0 spiro atoms. The quantitative estimate of drug-likeness (QED) is 0.813. The van der Waals surface area contributed by atoms with Gasteiger partial charge in [-0.1, -0.05) is 6.42 Å². The molecule has 0 bridgehead atoms. The third kappa shape index (κ3) is 2.25. The summed E-state index contributed by atoms with van der Waals surface area (Å²) >= 11 is 1.75. The molecule has 4 rings (SSSR count). The van der Waals surface area contributed by atoms with Gasteiger partial charge in [-0.3, -0.25) is 9.36 Å². The summed E-state index contributed by atoms with van der Waals surface area (Å²) in [5.74, 6) is 0.829. The van der Waals surface area contributed by atoms with E-state index >= 15 is 0 Å². The number of aryl methyl sites for hydroxylation is 2. The highest BCUT2D eigenvalue weighted by molar-refractivity contribution is 7.18. The maximum Gasteiger partial charge on any atom is 0.263 e. The Balaban J connectivity index is 1.88. The van der Waals surface area contributed by atoms with Gasteiger partial charge < -0.3 is 10.2 Å². The second kappa shape index (κ2) is 5.66. The fourth-order valence-corrected chi connectivity index (χ4v) is 4.85. The van der Waals surface area contributed by atoms with Crippen LogP contribution in [0.3, 0.4) is 0 Å². The topological polar surface area (TPSA) is 50.2 Å². The molecule has 118 valence electrons. The van der Waals surface area contributed by atoms with Crippen LogP contribution < -0.4 is 15.8 Å². The lowest BCUT2D eigenvalue weighted by atomic mass is 10.1. The molecule has 0 saturated carbocycles. The largest absolute Gasteiger partial charge is 0.340 e. The van der Waals surface area contributed by atoms with Gasteiger partial charge in [0.2, 0.25) is 5.95 Å². The Morgan fingerprint density at radius 1 is 1.14 bits per heavy atom. The Labute approximate surface area is 134 Å². The van der Waals surface area contributed by atoms with Gasteiger partial charge in [0.1, 0.15) is 4.83 Å². The average molecular weight is 318 g/mol. The molecule has 0 amide bonds. The normalized spacial score (nSPS) is 19.2. The van der Waals surface area contributed by atoms with Crippen LogP contribution in [0.25, 0.3) is 10.2 Å². The first kappa shape index (κ1) is 14.2. The maximum atomic E-state index is 12.9. The third-order valence-corrected chi connectivity index (χ3v) is 6.01. The van der Waals surface area contributed by atoms with E-state index in [2.05, 4.69) is 10.2 Å². The van der Waals surface area contributed by atoms with E-state index in [1.54, 1.807) is 15.9 Å². The summed E-state index contributed by atoms with van der Waals surface area (Å²) in [4.78, 5) is 22.4. The molecule has 6 heteroatoms. The lowest BCUT2D eigenvalue weighted by Gasteiger charge is -2.29. The first-order valence-corrected chi connectivity index (χ1v) is 9.04. The Morgan fingerprint density at radius 3 is 2.73 bits per heavy atom. The van der Waals surface area contributed by atoms with Crippen LogP contribution >= 0.6 is 11.3 Å². The highest BCUT2D eigenvalue weighted by Gasteiger charge is 2.22. The Bertz CT molecular complexity index is 758. The first-order valence-electron chi connectivity index (χ1n) is 8.22. The molecular weight excluding hydrogens is 296 g/mol. The van der Waals surface area contributed by atoms with Crippen molar-refractivity contribution in [3.05, 3.63) is 20.8 Å². The number of fused-ring (bicyclic) bond motifs is 3. The molecule has 1 aliphatic heterocycles. The zero-order valence-electron chi connectivity index (χ0n) is 13.0. The van der Waals surface area contributed by atoms with Crippen molar-refractivity contribution in [2.24, 2.45) is 7.05 Å². The minimum atomic E-state index is 0.137. The van der Waals surface area contributed by atoms with E-state index in [9.17, 15) is 4.79 Å². The number of nitrogens with zero attached hydrogens (tertiary/aromatic N) is 3. The predicted octanol–water partition coefficient (Wildman–Crippen LogP) is 1.67. The molecule has 1 saturated heterocycles. The number of hydrogen-bond donors (Lipinski definition) is 1. The molecule has 0 unspecified atom stereocenters. The van der Waals surface area contributed by atoms with E-state index in [0.717, 1.165) is 55.2 Å². The van der Waals surface area contributed by atoms with Gasteiger partial charge in [0, 0.05) is 38.1 Å². The molecule has 2 aliphatic rings. The molecule has 1 aliphatic carbocycles. The number of piperazine rings is 1. The van der Waals surface area contributed by atoms with Crippen LogP contribution in [-0.2, 0) is 19.9 Å². The van der Waals surface area contributed by atoms with Crippen molar-refractivity contribution in [2.75, 3.05) is 31.1 Å². The Kier molecular flexibility index (Phi) is 3.66. The van der Waals surface area contributed by atoms with Crippen molar-refractivity contribution >= 4 is 27.5 Å². The number of aromatic nitrogens is 2. The second-order valence-electron chi connectivity index (χ2n) is 6.26. The van der Waals surface area contributed by atoms with E-state index in [4.69, 9.17) is 4.98 Å². The van der Waals surface area contributed by atoms with E-state index in [0.29, 0.717) is 0 Å². The van der Waals surface area contributed by atoms with Gasteiger partial charge in [-0.15, -0.1) is 11.3 Å².